The van der Waals surface area contributed by atoms with Crippen LogP contribution in [0.2, 0.25) is 0 Å². The Morgan fingerprint density at radius 3 is 2.47 bits per heavy atom. The lowest BCUT2D eigenvalue weighted by Crippen LogP contribution is -2.16. The van der Waals surface area contributed by atoms with Gasteiger partial charge in [0.2, 0.25) is 0 Å². The van der Waals surface area contributed by atoms with Gasteiger partial charge >= 0.3 is 10.1 Å². The zero-order chi connectivity index (χ0) is 13.6. The molecule has 0 saturated carbocycles. The largest absolute Gasteiger partial charge is 0.378 e. The molecule has 1 aliphatic rings. The fourth-order valence-electron chi connectivity index (χ4n) is 2.15. The number of rotatable bonds is 1. The third-order valence-electron chi connectivity index (χ3n) is 3.13. The summed E-state index contributed by atoms with van der Waals surface area (Å²) in [7, 11) is 0.0752. The van der Waals surface area contributed by atoms with Crippen molar-refractivity contribution in [2.45, 2.75) is 4.90 Å². The molecular formula is C14H13NO3S. The van der Waals surface area contributed by atoms with Crippen molar-refractivity contribution in [3.8, 4) is 16.9 Å². The van der Waals surface area contributed by atoms with Crippen molar-refractivity contribution in [3.05, 3.63) is 42.5 Å². The molecule has 0 unspecified atom stereocenters. The molecule has 0 saturated heterocycles. The molecule has 0 fully saturated rings. The topological polar surface area (TPSA) is 46.6 Å². The summed E-state index contributed by atoms with van der Waals surface area (Å²) in [6.07, 6.45) is 0. The Hall–Kier alpha value is -2.01. The highest BCUT2D eigenvalue weighted by Gasteiger charge is 2.29. The van der Waals surface area contributed by atoms with E-state index in [-0.39, 0.29) is 4.90 Å². The Labute approximate surface area is 112 Å². The molecule has 0 amide bonds. The standard InChI is InChI=1S/C14H13NO3S/c1-15(2)10-7-8-11-12-5-3-4-6-14(12)19(16,17)18-13(11)9-10/h3-9H,1-2H3. The second kappa shape index (κ2) is 3.99. The van der Waals surface area contributed by atoms with E-state index in [9.17, 15) is 8.42 Å². The molecule has 1 aliphatic heterocycles. The zero-order valence-electron chi connectivity index (χ0n) is 10.6. The average molecular weight is 275 g/mol. The number of benzene rings is 2. The van der Waals surface area contributed by atoms with Crippen molar-refractivity contribution >= 4 is 15.8 Å². The van der Waals surface area contributed by atoms with Crippen LogP contribution in [-0.2, 0) is 10.1 Å². The van der Waals surface area contributed by atoms with E-state index in [1.807, 2.05) is 37.2 Å². The first-order valence-electron chi connectivity index (χ1n) is 5.84. The van der Waals surface area contributed by atoms with Crippen LogP contribution in [0.5, 0.6) is 5.75 Å². The average Bonchev–Trinajstić information content (AvgIpc) is 2.37. The normalized spacial score (nSPS) is 15.1. The lowest BCUT2D eigenvalue weighted by atomic mass is 10.0. The van der Waals surface area contributed by atoms with Crippen LogP contribution in [0.3, 0.4) is 0 Å². The van der Waals surface area contributed by atoms with Crippen LogP contribution >= 0.6 is 0 Å². The minimum absolute atomic E-state index is 0.222. The maximum atomic E-state index is 12.1. The molecule has 0 aliphatic carbocycles. The third kappa shape index (κ3) is 1.86. The molecule has 4 nitrogen and oxygen atoms in total. The summed E-state index contributed by atoms with van der Waals surface area (Å²) in [5.74, 6) is 0.380. The molecule has 19 heavy (non-hydrogen) atoms. The minimum Gasteiger partial charge on any atom is -0.378 e. The molecule has 3 rings (SSSR count). The van der Waals surface area contributed by atoms with Gasteiger partial charge < -0.3 is 9.08 Å². The molecule has 0 atom stereocenters. The number of hydrogen-bond acceptors (Lipinski definition) is 4. The minimum atomic E-state index is -3.72. The van der Waals surface area contributed by atoms with E-state index in [0.29, 0.717) is 11.3 Å². The third-order valence-corrected chi connectivity index (χ3v) is 4.42. The van der Waals surface area contributed by atoms with Gasteiger partial charge in [0.15, 0.2) is 5.75 Å². The molecule has 0 N–H and O–H groups in total. The zero-order valence-corrected chi connectivity index (χ0v) is 11.4. The second-order valence-electron chi connectivity index (χ2n) is 4.61. The highest BCUT2D eigenvalue weighted by Crippen LogP contribution is 2.42. The molecule has 98 valence electrons. The Bertz CT molecular complexity index is 751. The number of anilines is 1. The van der Waals surface area contributed by atoms with Gasteiger partial charge in [-0.05, 0) is 18.2 Å². The van der Waals surface area contributed by atoms with Crippen molar-refractivity contribution < 1.29 is 12.6 Å². The molecule has 0 aromatic heterocycles. The maximum Gasteiger partial charge on any atom is 0.339 e. The van der Waals surface area contributed by atoms with Crippen molar-refractivity contribution in [2.75, 3.05) is 19.0 Å². The number of fused-ring (bicyclic) bond motifs is 3. The lowest BCUT2D eigenvalue weighted by Gasteiger charge is -2.22. The number of hydrogen-bond donors (Lipinski definition) is 0. The Kier molecular flexibility index (Phi) is 2.53. The Morgan fingerprint density at radius 2 is 1.74 bits per heavy atom. The molecule has 5 heteroatoms. The summed E-state index contributed by atoms with van der Waals surface area (Å²) < 4.78 is 29.3. The van der Waals surface area contributed by atoms with E-state index in [1.54, 1.807) is 24.3 Å². The van der Waals surface area contributed by atoms with Gasteiger partial charge in [-0.1, -0.05) is 18.2 Å². The molecule has 1 heterocycles. The van der Waals surface area contributed by atoms with Gasteiger partial charge in [0, 0.05) is 37.0 Å². The molecule has 2 aromatic carbocycles. The van der Waals surface area contributed by atoms with Gasteiger partial charge in [-0.3, -0.25) is 0 Å². The molecule has 0 spiro atoms. The van der Waals surface area contributed by atoms with Gasteiger partial charge in [-0.25, -0.2) is 0 Å². The van der Waals surface area contributed by atoms with Crippen molar-refractivity contribution in [1.29, 1.82) is 0 Å². The van der Waals surface area contributed by atoms with Crippen LogP contribution in [0, 0.1) is 0 Å². The first-order valence-corrected chi connectivity index (χ1v) is 7.25. The molecule has 0 bridgehead atoms. The second-order valence-corrected chi connectivity index (χ2v) is 6.12. The summed E-state index contributed by atoms with van der Waals surface area (Å²) in [6, 6.07) is 12.4. The Morgan fingerprint density at radius 1 is 1.00 bits per heavy atom. The van der Waals surface area contributed by atoms with Crippen molar-refractivity contribution in [3.63, 3.8) is 0 Å². The van der Waals surface area contributed by atoms with E-state index >= 15 is 0 Å². The molecular weight excluding hydrogens is 262 g/mol. The van der Waals surface area contributed by atoms with Gasteiger partial charge in [-0.2, -0.15) is 8.42 Å². The van der Waals surface area contributed by atoms with Crippen LogP contribution in [0.15, 0.2) is 47.4 Å². The smallest absolute Gasteiger partial charge is 0.339 e. The maximum absolute atomic E-state index is 12.1. The van der Waals surface area contributed by atoms with Crippen LogP contribution in [0.1, 0.15) is 0 Å². The highest BCUT2D eigenvalue weighted by molar-refractivity contribution is 7.87. The molecule has 0 radical (unpaired) electrons. The van der Waals surface area contributed by atoms with E-state index in [1.165, 1.54) is 0 Å². The van der Waals surface area contributed by atoms with Crippen LogP contribution in [0.25, 0.3) is 11.1 Å². The van der Waals surface area contributed by atoms with Gasteiger partial charge in [0.1, 0.15) is 4.90 Å². The van der Waals surface area contributed by atoms with E-state index in [0.717, 1.165) is 11.3 Å². The summed E-state index contributed by atoms with van der Waals surface area (Å²) in [4.78, 5) is 2.12. The fourth-order valence-corrected chi connectivity index (χ4v) is 3.31. The fraction of sp³-hybridized carbons (Fsp3) is 0.143. The quantitative estimate of drug-likeness (QED) is 0.750. The van der Waals surface area contributed by atoms with Crippen molar-refractivity contribution in [1.82, 2.24) is 0 Å². The van der Waals surface area contributed by atoms with Gasteiger partial charge in [0.25, 0.3) is 0 Å². The summed E-state index contributed by atoms with van der Waals surface area (Å²) in [6.45, 7) is 0. The summed E-state index contributed by atoms with van der Waals surface area (Å²) >= 11 is 0. The predicted molar refractivity (Wildman–Crippen MR) is 74.0 cm³/mol. The van der Waals surface area contributed by atoms with E-state index < -0.39 is 10.1 Å². The summed E-state index contributed by atoms with van der Waals surface area (Å²) in [5.41, 5.74) is 2.39. The molecule has 2 aromatic rings. The lowest BCUT2D eigenvalue weighted by molar-refractivity contribution is 0.483. The monoisotopic (exact) mass is 275 g/mol. The first-order chi connectivity index (χ1) is 8.99. The van der Waals surface area contributed by atoms with E-state index in [4.69, 9.17) is 4.18 Å². The van der Waals surface area contributed by atoms with Crippen LogP contribution in [0.4, 0.5) is 5.69 Å². The first kappa shape index (κ1) is 12.0. The van der Waals surface area contributed by atoms with Gasteiger partial charge in [0.05, 0.1) is 0 Å². The summed E-state index contributed by atoms with van der Waals surface area (Å²) in [5, 5.41) is 0. The SMILES string of the molecule is CN(C)c1ccc2c(c1)OS(=O)(=O)c1ccccc1-2. The van der Waals surface area contributed by atoms with Crippen LogP contribution in [-0.4, -0.2) is 22.5 Å². The highest BCUT2D eigenvalue weighted by atomic mass is 32.2. The van der Waals surface area contributed by atoms with Crippen molar-refractivity contribution in [2.24, 2.45) is 0 Å². The van der Waals surface area contributed by atoms with Crippen LogP contribution < -0.4 is 9.08 Å². The predicted octanol–water partition coefficient (Wildman–Crippen LogP) is 2.50. The Balaban J connectivity index is 2.29. The number of nitrogens with zero attached hydrogens (tertiary/aromatic N) is 1. The van der Waals surface area contributed by atoms with Gasteiger partial charge in [-0.15, -0.1) is 0 Å². The van der Waals surface area contributed by atoms with E-state index in [2.05, 4.69) is 0 Å².